The van der Waals surface area contributed by atoms with Gasteiger partial charge in [-0.1, -0.05) is 29.3 Å². The van der Waals surface area contributed by atoms with Gasteiger partial charge in [0.05, 0.1) is 15.6 Å². The normalized spacial score (nSPS) is 11.4. The summed E-state index contributed by atoms with van der Waals surface area (Å²) in [4.78, 5) is 15.4. The maximum absolute atomic E-state index is 11.7. The molecule has 0 heterocycles. The highest BCUT2D eigenvalue weighted by molar-refractivity contribution is 6.39. The molecule has 0 aliphatic rings. The molecule has 0 saturated heterocycles. The summed E-state index contributed by atoms with van der Waals surface area (Å²) in [6, 6.07) is 4.26. The second kappa shape index (κ2) is 5.57. The Bertz CT molecular complexity index is 403. The number of alkyl halides is 3. The van der Waals surface area contributed by atoms with Crippen molar-refractivity contribution in [1.82, 2.24) is 5.48 Å². The monoisotopic (exact) mass is 287 g/mol. The van der Waals surface area contributed by atoms with E-state index in [1.165, 1.54) is 18.2 Å². The van der Waals surface area contributed by atoms with Crippen LogP contribution in [0.3, 0.4) is 0 Å². The van der Waals surface area contributed by atoms with Crippen LogP contribution in [0.5, 0.6) is 0 Å². The molecule has 0 saturated carbocycles. The Morgan fingerprint density at radius 1 is 1.29 bits per heavy atom. The van der Waals surface area contributed by atoms with Crippen LogP contribution in [0.1, 0.15) is 10.4 Å². The zero-order chi connectivity index (χ0) is 13.1. The van der Waals surface area contributed by atoms with E-state index in [0.717, 1.165) is 0 Å². The Morgan fingerprint density at radius 2 is 1.82 bits per heavy atom. The van der Waals surface area contributed by atoms with Crippen LogP contribution in [0.2, 0.25) is 10.0 Å². The van der Waals surface area contributed by atoms with Crippen LogP contribution in [-0.2, 0) is 4.84 Å². The zero-order valence-corrected chi connectivity index (χ0v) is 9.66. The average molecular weight is 288 g/mol. The van der Waals surface area contributed by atoms with Crippen molar-refractivity contribution in [2.24, 2.45) is 0 Å². The molecular formula is C9H6Cl2F3NO2. The van der Waals surface area contributed by atoms with Gasteiger partial charge in [-0.25, -0.2) is 5.48 Å². The molecule has 1 aromatic carbocycles. The topological polar surface area (TPSA) is 38.3 Å². The first-order valence-electron chi connectivity index (χ1n) is 4.24. The fourth-order valence-corrected chi connectivity index (χ4v) is 1.52. The molecule has 1 N–H and O–H groups in total. The van der Waals surface area contributed by atoms with Crippen LogP contribution in [0.15, 0.2) is 18.2 Å². The molecular weight excluding hydrogens is 282 g/mol. The molecule has 0 aromatic heterocycles. The van der Waals surface area contributed by atoms with E-state index in [2.05, 4.69) is 4.84 Å². The minimum absolute atomic E-state index is 0.0191. The van der Waals surface area contributed by atoms with Crippen molar-refractivity contribution in [2.45, 2.75) is 6.18 Å². The second-order valence-corrected chi connectivity index (χ2v) is 3.75. The summed E-state index contributed by atoms with van der Waals surface area (Å²) in [5.74, 6) is -0.940. The second-order valence-electron chi connectivity index (χ2n) is 2.93. The number of hydroxylamine groups is 1. The van der Waals surface area contributed by atoms with E-state index in [4.69, 9.17) is 23.2 Å². The van der Waals surface area contributed by atoms with Gasteiger partial charge in [0.2, 0.25) is 0 Å². The van der Waals surface area contributed by atoms with Gasteiger partial charge >= 0.3 is 6.18 Å². The molecule has 0 radical (unpaired) electrons. The van der Waals surface area contributed by atoms with Crippen LogP contribution in [-0.4, -0.2) is 18.7 Å². The summed E-state index contributed by atoms with van der Waals surface area (Å²) in [5, 5.41) is 0.0382. The summed E-state index contributed by atoms with van der Waals surface area (Å²) in [6.45, 7) is -1.60. The molecule has 0 spiro atoms. The molecule has 94 valence electrons. The van der Waals surface area contributed by atoms with Gasteiger partial charge in [-0.05, 0) is 12.1 Å². The predicted molar refractivity (Wildman–Crippen MR) is 55.9 cm³/mol. The molecule has 1 aromatic rings. The number of carbonyl (C=O) groups is 1. The standard InChI is InChI=1S/C9H6Cl2F3NO2/c10-5-2-1-3-6(11)7(5)8(16)15-17-4-9(12,13)14/h1-3H,4H2,(H,15,16). The lowest BCUT2D eigenvalue weighted by Crippen LogP contribution is -2.29. The third-order valence-corrected chi connectivity index (χ3v) is 2.22. The first kappa shape index (κ1) is 14.1. The van der Waals surface area contributed by atoms with E-state index in [-0.39, 0.29) is 15.6 Å². The molecule has 0 aliphatic heterocycles. The first-order chi connectivity index (χ1) is 7.81. The number of halogens is 5. The molecule has 0 bridgehead atoms. The molecule has 0 aliphatic carbocycles. The van der Waals surface area contributed by atoms with E-state index in [1.54, 1.807) is 5.48 Å². The lowest BCUT2D eigenvalue weighted by atomic mass is 10.2. The molecule has 3 nitrogen and oxygen atoms in total. The smallest absolute Gasteiger partial charge is 0.267 e. The highest BCUT2D eigenvalue weighted by atomic mass is 35.5. The molecule has 8 heteroatoms. The lowest BCUT2D eigenvalue weighted by molar-refractivity contribution is -0.184. The van der Waals surface area contributed by atoms with Gasteiger partial charge in [-0.3, -0.25) is 9.63 Å². The van der Waals surface area contributed by atoms with Crippen molar-refractivity contribution < 1.29 is 22.8 Å². The number of rotatable bonds is 3. The van der Waals surface area contributed by atoms with Crippen LogP contribution in [0.4, 0.5) is 13.2 Å². The quantitative estimate of drug-likeness (QED) is 0.867. The zero-order valence-electron chi connectivity index (χ0n) is 8.15. The highest BCUT2D eigenvalue weighted by Gasteiger charge is 2.28. The third-order valence-electron chi connectivity index (χ3n) is 1.59. The lowest BCUT2D eigenvalue weighted by Gasteiger charge is -2.09. The number of nitrogens with one attached hydrogen (secondary N) is 1. The fourth-order valence-electron chi connectivity index (χ4n) is 0.949. The third kappa shape index (κ3) is 4.41. The van der Waals surface area contributed by atoms with E-state index >= 15 is 0 Å². The van der Waals surface area contributed by atoms with Gasteiger partial charge in [0, 0.05) is 0 Å². The van der Waals surface area contributed by atoms with Gasteiger partial charge in [-0.2, -0.15) is 13.2 Å². The number of hydrogen-bond acceptors (Lipinski definition) is 2. The van der Waals surface area contributed by atoms with Crippen molar-refractivity contribution in [1.29, 1.82) is 0 Å². The molecule has 0 unspecified atom stereocenters. The maximum atomic E-state index is 11.7. The Morgan fingerprint density at radius 3 is 2.29 bits per heavy atom. The van der Waals surface area contributed by atoms with Gasteiger partial charge in [0.1, 0.15) is 0 Å². The summed E-state index contributed by atoms with van der Waals surface area (Å²) >= 11 is 11.3. The van der Waals surface area contributed by atoms with Gasteiger partial charge < -0.3 is 0 Å². The first-order valence-corrected chi connectivity index (χ1v) is 5.00. The predicted octanol–water partition coefficient (Wildman–Crippen LogP) is 3.22. The van der Waals surface area contributed by atoms with Crippen molar-refractivity contribution >= 4 is 29.1 Å². The van der Waals surface area contributed by atoms with E-state index in [0.29, 0.717) is 0 Å². The molecule has 17 heavy (non-hydrogen) atoms. The van der Waals surface area contributed by atoms with Crippen LogP contribution in [0, 0.1) is 0 Å². The Hall–Kier alpha value is -0.980. The summed E-state index contributed by atoms with van der Waals surface area (Å²) in [6.07, 6.45) is -4.53. The van der Waals surface area contributed by atoms with Crippen molar-refractivity contribution in [2.75, 3.05) is 6.61 Å². The minimum Gasteiger partial charge on any atom is -0.267 e. The summed E-state index contributed by atoms with van der Waals surface area (Å²) in [5.41, 5.74) is 1.47. The summed E-state index contributed by atoms with van der Waals surface area (Å²) < 4.78 is 35.2. The van der Waals surface area contributed by atoms with Crippen molar-refractivity contribution in [3.63, 3.8) is 0 Å². The Labute approximate surface area is 104 Å². The maximum Gasteiger partial charge on any atom is 0.414 e. The number of benzene rings is 1. The van der Waals surface area contributed by atoms with Crippen LogP contribution >= 0.6 is 23.2 Å². The van der Waals surface area contributed by atoms with E-state index < -0.39 is 18.7 Å². The Kier molecular flexibility index (Phi) is 4.62. The van der Waals surface area contributed by atoms with E-state index in [1.807, 2.05) is 0 Å². The van der Waals surface area contributed by atoms with E-state index in [9.17, 15) is 18.0 Å². The number of hydrogen-bond donors (Lipinski definition) is 1. The van der Waals surface area contributed by atoms with Crippen molar-refractivity contribution in [3.8, 4) is 0 Å². The average Bonchev–Trinajstić information content (AvgIpc) is 2.15. The molecule has 1 rings (SSSR count). The number of amides is 1. The summed E-state index contributed by atoms with van der Waals surface area (Å²) in [7, 11) is 0. The minimum atomic E-state index is -4.53. The van der Waals surface area contributed by atoms with Gasteiger partial charge in [0.15, 0.2) is 6.61 Å². The van der Waals surface area contributed by atoms with Gasteiger partial charge in [-0.15, -0.1) is 0 Å². The van der Waals surface area contributed by atoms with Crippen LogP contribution in [0.25, 0.3) is 0 Å². The van der Waals surface area contributed by atoms with Crippen molar-refractivity contribution in [3.05, 3.63) is 33.8 Å². The molecule has 0 fully saturated rings. The fraction of sp³-hybridized carbons (Fsp3) is 0.222. The molecule has 0 atom stereocenters. The SMILES string of the molecule is O=C(NOCC(F)(F)F)c1c(Cl)cccc1Cl. The molecule has 1 amide bonds. The van der Waals surface area contributed by atoms with Crippen LogP contribution < -0.4 is 5.48 Å². The Balaban J connectivity index is 2.65. The number of carbonyl (C=O) groups excluding carboxylic acids is 1. The largest absolute Gasteiger partial charge is 0.414 e. The van der Waals surface area contributed by atoms with Gasteiger partial charge in [0.25, 0.3) is 5.91 Å². The highest BCUT2D eigenvalue weighted by Crippen LogP contribution is 2.24.